The summed E-state index contributed by atoms with van der Waals surface area (Å²) in [5, 5.41) is 8.46. The average Bonchev–Trinajstić information content (AvgIpc) is 1.78. The van der Waals surface area contributed by atoms with Crippen molar-refractivity contribution in [3.63, 3.8) is 0 Å². The van der Waals surface area contributed by atoms with Gasteiger partial charge in [0.25, 0.3) is 0 Å². The molecule has 1 N–H and O–H groups in total. The van der Waals surface area contributed by atoms with Gasteiger partial charge in [0.15, 0.2) is 8.32 Å². The van der Waals surface area contributed by atoms with Crippen LogP contribution in [0.15, 0.2) is 0 Å². The van der Waals surface area contributed by atoms with Crippen molar-refractivity contribution in [2.75, 3.05) is 6.61 Å². The van der Waals surface area contributed by atoms with E-state index in [1.165, 1.54) is 0 Å². The fraction of sp³-hybridized carbons (Fsp3) is 1.00. The summed E-state index contributed by atoms with van der Waals surface area (Å²) < 4.78 is 5.59. The van der Waals surface area contributed by atoms with Gasteiger partial charge in [-0.3, -0.25) is 0 Å². The highest BCUT2D eigenvalue weighted by Gasteiger charge is 2.12. The van der Waals surface area contributed by atoms with Crippen LogP contribution in [0, 0.1) is 0 Å². The van der Waals surface area contributed by atoms with E-state index in [2.05, 4.69) is 19.6 Å². The Morgan fingerprint density at radius 2 is 2.00 bits per heavy atom. The molecule has 0 fully saturated rings. The Balaban J connectivity index is 3.04. The van der Waals surface area contributed by atoms with E-state index in [9.17, 15) is 0 Å². The summed E-state index contributed by atoms with van der Waals surface area (Å²) in [6, 6.07) is 1.01. The summed E-state index contributed by atoms with van der Waals surface area (Å²) >= 11 is 0. The fourth-order valence-corrected chi connectivity index (χ4v) is 2.86. The highest BCUT2D eigenvalue weighted by molar-refractivity contribution is 6.73. The molecule has 0 saturated heterocycles. The van der Waals surface area contributed by atoms with Crippen LogP contribution < -0.4 is 0 Å². The molecular formula is C6H16O2Si2. The molecule has 10 heavy (non-hydrogen) atoms. The zero-order valence-electron chi connectivity index (χ0n) is 6.98. The minimum atomic E-state index is -1.28. The van der Waals surface area contributed by atoms with Gasteiger partial charge in [-0.1, -0.05) is 0 Å². The van der Waals surface area contributed by atoms with Crippen molar-refractivity contribution in [1.29, 1.82) is 0 Å². The Kier molecular flexibility index (Phi) is 5.24. The van der Waals surface area contributed by atoms with Crippen LogP contribution >= 0.6 is 0 Å². The normalized spacial score (nSPS) is 12.0. The Morgan fingerprint density at radius 3 is 2.40 bits per heavy atom. The van der Waals surface area contributed by atoms with Crippen molar-refractivity contribution in [3.8, 4) is 0 Å². The van der Waals surface area contributed by atoms with E-state index in [0.29, 0.717) is 16.4 Å². The summed E-state index contributed by atoms with van der Waals surface area (Å²) in [6.45, 7) is 6.83. The van der Waals surface area contributed by atoms with Gasteiger partial charge in [0, 0.05) is 6.61 Å². The summed E-state index contributed by atoms with van der Waals surface area (Å²) in [5.41, 5.74) is 0. The van der Waals surface area contributed by atoms with Gasteiger partial charge in [-0.25, -0.2) is 0 Å². The predicted octanol–water partition coefficient (Wildman–Crippen LogP) is 1.26. The molecule has 0 unspecified atom stereocenters. The lowest BCUT2D eigenvalue weighted by molar-refractivity contribution is 0.294. The zero-order chi connectivity index (χ0) is 8.04. The lowest BCUT2D eigenvalue weighted by Crippen LogP contribution is -2.27. The standard InChI is InChI=1S/C6H16O2Si2/c1-10(2,3)8-9-6-4-5-7/h7H,4-6H2,1-3H3. The number of aliphatic hydroxyl groups is 1. The van der Waals surface area contributed by atoms with E-state index in [-0.39, 0.29) is 0 Å². The second kappa shape index (κ2) is 5.06. The maximum absolute atomic E-state index is 8.46. The van der Waals surface area contributed by atoms with Crippen LogP contribution in [0.1, 0.15) is 6.42 Å². The lowest BCUT2D eigenvalue weighted by atomic mass is 10.5. The maximum Gasteiger partial charge on any atom is 0.215 e. The van der Waals surface area contributed by atoms with Crippen molar-refractivity contribution in [3.05, 3.63) is 0 Å². The minimum absolute atomic E-state index is 0.294. The van der Waals surface area contributed by atoms with Crippen molar-refractivity contribution in [2.24, 2.45) is 0 Å². The molecule has 2 radical (unpaired) electrons. The Labute approximate surface area is 66.7 Å². The summed E-state index contributed by atoms with van der Waals surface area (Å²) in [7, 11) is -0.684. The molecule has 0 aromatic heterocycles. The number of hydrogen-bond acceptors (Lipinski definition) is 2. The number of hydrogen-bond donors (Lipinski definition) is 1. The highest BCUT2D eigenvalue weighted by atomic mass is 28.4. The van der Waals surface area contributed by atoms with Gasteiger partial charge in [-0.15, -0.1) is 0 Å². The third-order valence-electron chi connectivity index (χ3n) is 0.815. The van der Waals surface area contributed by atoms with Crippen LogP contribution in [-0.2, 0) is 4.12 Å². The minimum Gasteiger partial charge on any atom is -0.456 e. The molecule has 4 heteroatoms. The van der Waals surface area contributed by atoms with Crippen molar-refractivity contribution >= 4 is 18.1 Å². The molecule has 0 spiro atoms. The van der Waals surface area contributed by atoms with Crippen LogP contribution in [-0.4, -0.2) is 29.8 Å². The zero-order valence-corrected chi connectivity index (χ0v) is 8.98. The van der Waals surface area contributed by atoms with Gasteiger partial charge in [-0.2, -0.15) is 0 Å². The van der Waals surface area contributed by atoms with Crippen LogP contribution in [0.3, 0.4) is 0 Å². The molecule has 0 rings (SSSR count). The topological polar surface area (TPSA) is 29.5 Å². The van der Waals surface area contributed by atoms with E-state index < -0.39 is 8.32 Å². The number of aliphatic hydroxyl groups excluding tert-OH is 1. The van der Waals surface area contributed by atoms with Crippen molar-refractivity contribution in [1.82, 2.24) is 0 Å². The van der Waals surface area contributed by atoms with Crippen LogP contribution in [0.2, 0.25) is 25.7 Å². The number of rotatable bonds is 5. The van der Waals surface area contributed by atoms with Gasteiger partial charge in [0.2, 0.25) is 9.76 Å². The smallest absolute Gasteiger partial charge is 0.215 e. The van der Waals surface area contributed by atoms with Gasteiger partial charge in [0.05, 0.1) is 0 Å². The molecule has 0 aliphatic heterocycles. The Bertz CT molecular complexity index is 80.3. The predicted molar refractivity (Wildman–Crippen MR) is 46.7 cm³/mol. The second-order valence-electron chi connectivity index (χ2n) is 3.19. The Morgan fingerprint density at radius 1 is 1.40 bits per heavy atom. The largest absolute Gasteiger partial charge is 0.456 e. The average molecular weight is 176 g/mol. The van der Waals surface area contributed by atoms with Crippen molar-refractivity contribution in [2.45, 2.75) is 32.1 Å². The second-order valence-corrected chi connectivity index (χ2v) is 9.02. The summed E-state index contributed by atoms with van der Waals surface area (Å²) in [5.74, 6) is 0. The maximum atomic E-state index is 8.46. The van der Waals surface area contributed by atoms with Crippen LogP contribution in [0.4, 0.5) is 0 Å². The first-order chi connectivity index (χ1) is 4.56. The third kappa shape index (κ3) is 8.35. The first-order valence-electron chi connectivity index (χ1n) is 3.58. The molecule has 0 aliphatic carbocycles. The van der Waals surface area contributed by atoms with E-state index in [1.807, 2.05) is 0 Å². The molecule has 0 aromatic rings. The van der Waals surface area contributed by atoms with Gasteiger partial charge in [-0.05, 0) is 32.1 Å². The van der Waals surface area contributed by atoms with Gasteiger partial charge >= 0.3 is 0 Å². The quantitative estimate of drug-likeness (QED) is 0.505. The van der Waals surface area contributed by atoms with Gasteiger partial charge in [0.1, 0.15) is 0 Å². The van der Waals surface area contributed by atoms with Crippen LogP contribution in [0.25, 0.3) is 0 Å². The molecule has 0 amide bonds. The third-order valence-corrected chi connectivity index (χ3v) is 4.40. The molecule has 60 valence electrons. The molecular weight excluding hydrogens is 160 g/mol. The monoisotopic (exact) mass is 176 g/mol. The first-order valence-corrected chi connectivity index (χ1v) is 8.10. The lowest BCUT2D eigenvalue weighted by Gasteiger charge is -2.15. The Hall–Kier alpha value is 0.354. The van der Waals surface area contributed by atoms with Gasteiger partial charge < -0.3 is 9.22 Å². The SMILES string of the molecule is C[Si](C)(C)O[Si]CCCO. The fourth-order valence-electron chi connectivity index (χ4n) is 0.419. The summed E-state index contributed by atoms with van der Waals surface area (Å²) in [4.78, 5) is 0. The molecule has 0 heterocycles. The van der Waals surface area contributed by atoms with E-state index in [0.717, 1.165) is 12.5 Å². The molecule has 0 saturated carbocycles. The first kappa shape index (κ1) is 10.4. The molecule has 0 atom stereocenters. The van der Waals surface area contributed by atoms with E-state index in [4.69, 9.17) is 9.22 Å². The van der Waals surface area contributed by atoms with Crippen LogP contribution in [0.5, 0.6) is 0 Å². The molecule has 0 bridgehead atoms. The van der Waals surface area contributed by atoms with E-state index >= 15 is 0 Å². The summed E-state index contributed by atoms with van der Waals surface area (Å²) in [6.07, 6.45) is 0.878. The molecule has 2 nitrogen and oxygen atoms in total. The highest BCUT2D eigenvalue weighted by Crippen LogP contribution is 2.02. The van der Waals surface area contributed by atoms with E-state index in [1.54, 1.807) is 0 Å². The molecule has 0 aliphatic rings. The van der Waals surface area contributed by atoms with Crippen molar-refractivity contribution < 1.29 is 9.22 Å². The molecule has 0 aromatic carbocycles.